The second-order valence-corrected chi connectivity index (χ2v) is 6.20. The first kappa shape index (κ1) is 19.3. The summed E-state index contributed by atoms with van der Waals surface area (Å²) in [5.41, 5.74) is 2.06. The van der Waals surface area contributed by atoms with Crippen molar-refractivity contribution in [1.82, 2.24) is 20.9 Å². The Morgan fingerprint density at radius 3 is 2.32 bits per heavy atom. The SMILES string of the molecule is O=C(NCCNC(=O)c1ccc(F)cc1)NCCc1c[nH]c2cc(F)ccc12. The highest BCUT2D eigenvalue weighted by Crippen LogP contribution is 2.19. The van der Waals surface area contributed by atoms with Crippen LogP contribution in [0, 0.1) is 11.6 Å². The van der Waals surface area contributed by atoms with Gasteiger partial charge in [0, 0.05) is 42.3 Å². The van der Waals surface area contributed by atoms with Gasteiger partial charge in [-0.25, -0.2) is 13.6 Å². The lowest BCUT2D eigenvalue weighted by Crippen LogP contribution is -2.40. The molecule has 0 atom stereocenters. The molecule has 146 valence electrons. The van der Waals surface area contributed by atoms with Gasteiger partial charge >= 0.3 is 6.03 Å². The minimum absolute atomic E-state index is 0.248. The van der Waals surface area contributed by atoms with Crippen LogP contribution in [0.25, 0.3) is 10.9 Å². The molecule has 2 aromatic carbocycles. The number of amides is 3. The molecule has 3 rings (SSSR count). The van der Waals surface area contributed by atoms with E-state index in [2.05, 4.69) is 20.9 Å². The van der Waals surface area contributed by atoms with Gasteiger partial charge in [-0.1, -0.05) is 0 Å². The molecule has 0 aliphatic heterocycles. The third-order valence-corrected chi connectivity index (χ3v) is 4.21. The molecule has 4 N–H and O–H groups in total. The number of urea groups is 1. The summed E-state index contributed by atoms with van der Waals surface area (Å²) < 4.78 is 26.0. The normalized spacial score (nSPS) is 10.6. The van der Waals surface area contributed by atoms with Crippen LogP contribution < -0.4 is 16.0 Å². The molecule has 6 nitrogen and oxygen atoms in total. The molecule has 0 fully saturated rings. The molecule has 28 heavy (non-hydrogen) atoms. The summed E-state index contributed by atoms with van der Waals surface area (Å²) in [6.45, 7) is 0.918. The second-order valence-electron chi connectivity index (χ2n) is 6.20. The van der Waals surface area contributed by atoms with Crippen LogP contribution >= 0.6 is 0 Å². The number of nitrogens with one attached hydrogen (secondary N) is 4. The number of aromatic nitrogens is 1. The molecule has 0 aliphatic rings. The minimum Gasteiger partial charge on any atom is -0.361 e. The number of fused-ring (bicyclic) bond motifs is 1. The van der Waals surface area contributed by atoms with E-state index in [-0.39, 0.29) is 30.8 Å². The third-order valence-electron chi connectivity index (χ3n) is 4.21. The number of aromatic amines is 1. The number of hydrogen-bond donors (Lipinski definition) is 4. The highest BCUT2D eigenvalue weighted by Gasteiger charge is 2.07. The Morgan fingerprint density at radius 1 is 0.857 bits per heavy atom. The lowest BCUT2D eigenvalue weighted by Gasteiger charge is -2.08. The van der Waals surface area contributed by atoms with Gasteiger partial charge < -0.3 is 20.9 Å². The van der Waals surface area contributed by atoms with Gasteiger partial charge in [-0.3, -0.25) is 4.79 Å². The zero-order chi connectivity index (χ0) is 19.9. The summed E-state index contributed by atoms with van der Waals surface area (Å²) >= 11 is 0. The Kier molecular flexibility index (Phi) is 6.21. The average Bonchev–Trinajstić information content (AvgIpc) is 3.07. The van der Waals surface area contributed by atoms with E-state index >= 15 is 0 Å². The van der Waals surface area contributed by atoms with Crippen molar-refractivity contribution in [3.8, 4) is 0 Å². The summed E-state index contributed by atoms with van der Waals surface area (Å²) in [7, 11) is 0. The average molecular weight is 386 g/mol. The van der Waals surface area contributed by atoms with Crippen molar-refractivity contribution in [2.45, 2.75) is 6.42 Å². The van der Waals surface area contributed by atoms with Crippen molar-refractivity contribution < 1.29 is 18.4 Å². The Labute approximate surface area is 160 Å². The standard InChI is InChI=1S/C20H20F2N4O2/c21-15-3-1-13(2-4-15)19(27)23-9-10-25-20(28)24-8-7-14-12-26-18-11-16(22)5-6-17(14)18/h1-6,11-12,26H,7-10H2,(H,23,27)(H2,24,25,28). The first-order valence-electron chi connectivity index (χ1n) is 8.84. The van der Waals surface area contributed by atoms with E-state index < -0.39 is 5.82 Å². The fourth-order valence-electron chi connectivity index (χ4n) is 2.79. The highest BCUT2D eigenvalue weighted by atomic mass is 19.1. The molecule has 1 aromatic heterocycles. The van der Waals surface area contributed by atoms with Crippen LogP contribution in [0.15, 0.2) is 48.7 Å². The van der Waals surface area contributed by atoms with Gasteiger partial charge in [-0.15, -0.1) is 0 Å². The van der Waals surface area contributed by atoms with Crippen LogP contribution in [0.3, 0.4) is 0 Å². The molecule has 0 spiro atoms. The number of hydrogen-bond acceptors (Lipinski definition) is 2. The molecule has 0 saturated heterocycles. The molecular weight excluding hydrogens is 366 g/mol. The lowest BCUT2D eigenvalue weighted by atomic mass is 10.1. The Hall–Kier alpha value is -3.42. The molecule has 3 aromatic rings. The number of H-pyrrole nitrogens is 1. The van der Waals surface area contributed by atoms with Gasteiger partial charge in [0.2, 0.25) is 0 Å². The predicted molar refractivity (Wildman–Crippen MR) is 102 cm³/mol. The number of carbonyl (C=O) groups is 2. The number of benzene rings is 2. The van der Waals surface area contributed by atoms with Gasteiger partial charge in [0.25, 0.3) is 5.91 Å². The maximum atomic E-state index is 13.2. The van der Waals surface area contributed by atoms with E-state index in [4.69, 9.17) is 0 Å². The van der Waals surface area contributed by atoms with E-state index in [0.717, 1.165) is 16.5 Å². The van der Waals surface area contributed by atoms with E-state index in [1.165, 1.54) is 36.4 Å². The van der Waals surface area contributed by atoms with Crippen LogP contribution in [-0.4, -0.2) is 36.6 Å². The summed E-state index contributed by atoms with van der Waals surface area (Å²) in [4.78, 5) is 26.6. The van der Waals surface area contributed by atoms with Crippen molar-refractivity contribution >= 4 is 22.8 Å². The van der Waals surface area contributed by atoms with Crippen molar-refractivity contribution in [2.75, 3.05) is 19.6 Å². The second kappa shape index (κ2) is 8.98. The number of halogens is 2. The first-order valence-corrected chi connectivity index (χ1v) is 8.84. The fraction of sp³-hybridized carbons (Fsp3) is 0.200. The molecule has 0 unspecified atom stereocenters. The highest BCUT2D eigenvalue weighted by molar-refractivity contribution is 5.94. The summed E-state index contributed by atoms with van der Waals surface area (Å²) in [6.07, 6.45) is 2.40. The largest absolute Gasteiger partial charge is 0.361 e. The van der Waals surface area contributed by atoms with Gasteiger partial charge in [-0.2, -0.15) is 0 Å². The first-order chi connectivity index (χ1) is 13.5. The number of carbonyl (C=O) groups excluding carboxylic acids is 2. The topological polar surface area (TPSA) is 86.0 Å². The van der Waals surface area contributed by atoms with E-state index in [1.807, 2.05) is 0 Å². The number of rotatable bonds is 7. The summed E-state index contributed by atoms with van der Waals surface area (Å²) in [6, 6.07) is 9.41. The van der Waals surface area contributed by atoms with Crippen molar-refractivity contribution in [3.63, 3.8) is 0 Å². The zero-order valence-corrected chi connectivity index (χ0v) is 15.0. The lowest BCUT2D eigenvalue weighted by molar-refractivity contribution is 0.0953. The molecule has 0 aliphatic carbocycles. The van der Waals surface area contributed by atoms with Crippen molar-refractivity contribution in [2.24, 2.45) is 0 Å². The van der Waals surface area contributed by atoms with Gasteiger partial charge in [-0.05, 0) is 54.4 Å². The molecule has 8 heteroatoms. The van der Waals surface area contributed by atoms with Gasteiger partial charge in [0.05, 0.1) is 0 Å². The third kappa shape index (κ3) is 5.06. The Balaban J connectivity index is 1.34. The maximum Gasteiger partial charge on any atom is 0.314 e. The Bertz CT molecular complexity index is 970. The maximum absolute atomic E-state index is 13.2. The van der Waals surface area contributed by atoms with E-state index in [0.29, 0.717) is 18.5 Å². The van der Waals surface area contributed by atoms with E-state index in [9.17, 15) is 18.4 Å². The molecule has 0 radical (unpaired) electrons. The molecule has 1 heterocycles. The van der Waals surface area contributed by atoms with Crippen molar-refractivity contribution in [1.29, 1.82) is 0 Å². The van der Waals surface area contributed by atoms with Gasteiger partial charge in [0.1, 0.15) is 11.6 Å². The van der Waals surface area contributed by atoms with Crippen LogP contribution in [-0.2, 0) is 6.42 Å². The van der Waals surface area contributed by atoms with Crippen LogP contribution in [0.4, 0.5) is 13.6 Å². The predicted octanol–water partition coefficient (Wildman–Crippen LogP) is 2.72. The zero-order valence-electron chi connectivity index (χ0n) is 15.0. The molecular formula is C20H20F2N4O2. The Morgan fingerprint density at radius 2 is 1.54 bits per heavy atom. The van der Waals surface area contributed by atoms with Crippen molar-refractivity contribution in [3.05, 3.63) is 71.4 Å². The summed E-state index contributed by atoms with van der Waals surface area (Å²) in [5, 5.41) is 8.93. The van der Waals surface area contributed by atoms with Crippen LogP contribution in [0.2, 0.25) is 0 Å². The molecule has 0 bridgehead atoms. The summed E-state index contributed by atoms with van der Waals surface area (Å²) in [5.74, 6) is -1.04. The smallest absolute Gasteiger partial charge is 0.314 e. The van der Waals surface area contributed by atoms with E-state index in [1.54, 1.807) is 12.3 Å². The molecule has 3 amide bonds. The van der Waals surface area contributed by atoms with Crippen LogP contribution in [0.5, 0.6) is 0 Å². The fourth-order valence-corrected chi connectivity index (χ4v) is 2.79. The van der Waals surface area contributed by atoms with Crippen LogP contribution in [0.1, 0.15) is 15.9 Å². The monoisotopic (exact) mass is 386 g/mol. The minimum atomic E-state index is -0.408. The molecule has 0 saturated carbocycles. The quantitative estimate of drug-likeness (QED) is 0.471. The van der Waals surface area contributed by atoms with Gasteiger partial charge in [0.15, 0.2) is 0 Å².